The van der Waals surface area contributed by atoms with Crippen molar-refractivity contribution in [1.29, 1.82) is 0 Å². The van der Waals surface area contributed by atoms with E-state index in [0.29, 0.717) is 6.04 Å². The van der Waals surface area contributed by atoms with E-state index in [2.05, 4.69) is 50.6 Å². The second-order valence-electron chi connectivity index (χ2n) is 5.59. The van der Waals surface area contributed by atoms with Crippen molar-refractivity contribution in [3.63, 3.8) is 0 Å². The Kier molecular flexibility index (Phi) is 6.32. The fourth-order valence-corrected chi connectivity index (χ4v) is 2.04. The monoisotopic (exact) mass is 264 g/mol. The van der Waals surface area contributed by atoms with Gasteiger partial charge in [0.05, 0.1) is 6.54 Å². The van der Waals surface area contributed by atoms with Crippen LogP contribution in [0.25, 0.3) is 0 Å². The van der Waals surface area contributed by atoms with Crippen LogP contribution in [0.3, 0.4) is 0 Å². The summed E-state index contributed by atoms with van der Waals surface area (Å²) in [6.07, 6.45) is 0. The van der Waals surface area contributed by atoms with Gasteiger partial charge < -0.3 is 9.73 Å². The van der Waals surface area contributed by atoms with Gasteiger partial charge in [-0.2, -0.15) is 0 Å². The molecular formula is C16H28N2O. The van der Waals surface area contributed by atoms with Gasteiger partial charge in [-0.15, -0.1) is 0 Å². The minimum absolute atomic E-state index is 0.494. The number of likely N-dealkylation sites (N-methyl/N-ethyl adjacent to an activating group) is 1. The molecule has 3 heteroatoms. The lowest BCUT2D eigenvalue weighted by Crippen LogP contribution is -2.24. The zero-order valence-electron chi connectivity index (χ0n) is 13.0. The van der Waals surface area contributed by atoms with E-state index in [-0.39, 0.29) is 0 Å². The maximum Gasteiger partial charge on any atom is 0.118 e. The molecule has 1 aromatic heterocycles. The first kappa shape index (κ1) is 16.0. The molecule has 0 atom stereocenters. The number of nitrogens with one attached hydrogen (secondary N) is 1. The number of hydrogen-bond donors (Lipinski definition) is 1. The number of hydrogen-bond acceptors (Lipinski definition) is 3. The molecule has 0 amide bonds. The van der Waals surface area contributed by atoms with E-state index in [1.807, 2.05) is 6.92 Å². The molecule has 108 valence electrons. The third-order valence-corrected chi connectivity index (χ3v) is 3.09. The van der Waals surface area contributed by atoms with Gasteiger partial charge >= 0.3 is 0 Å². The molecule has 0 bridgehead atoms. The Morgan fingerprint density at radius 1 is 1.47 bits per heavy atom. The molecule has 3 nitrogen and oxygen atoms in total. The molecule has 1 heterocycles. The molecule has 0 saturated carbocycles. The van der Waals surface area contributed by atoms with Crippen molar-refractivity contribution < 1.29 is 4.42 Å². The van der Waals surface area contributed by atoms with E-state index in [1.165, 1.54) is 11.1 Å². The summed E-state index contributed by atoms with van der Waals surface area (Å²) in [7, 11) is 0. The minimum Gasteiger partial charge on any atom is -0.465 e. The summed E-state index contributed by atoms with van der Waals surface area (Å²) in [6.45, 7) is 18.2. The Morgan fingerprint density at radius 3 is 2.68 bits per heavy atom. The van der Waals surface area contributed by atoms with E-state index in [1.54, 1.807) is 0 Å². The van der Waals surface area contributed by atoms with Gasteiger partial charge in [-0.25, -0.2) is 0 Å². The van der Waals surface area contributed by atoms with Crippen LogP contribution in [0, 0.1) is 6.92 Å². The molecule has 0 aliphatic heterocycles. The largest absolute Gasteiger partial charge is 0.465 e. The van der Waals surface area contributed by atoms with Gasteiger partial charge in [-0.05, 0) is 26.5 Å². The maximum absolute atomic E-state index is 5.85. The summed E-state index contributed by atoms with van der Waals surface area (Å²) in [6, 6.07) is 2.67. The fourth-order valence-electron chi connectivity index (χ4n) is 2.04. The predicted octanol–water partition coefficient (Wildman–Crippen LogP) is 3.48. The zero-order chi connectivity index (χ0) is 14.4. The molecule has 0 aliphatic rings. The topological polar surface area (TPSA) is 28.4 Å². The normalized spacial score (nSPS) is 11.5. The Balaban J connectivity index is 2.63. The smallest absolute Gasteiger partial charge is 0.118 e. The second-order valence-corrected chi connectivity index (χ2v) is 5.59. The summed E-state index contributed by atoms with van der Waals surface area (Å²) < 4.78 is 5.85. The van der Waals surface area contributed by atoms with Crippen molar-refractivity contribution in [2.45, 2.75) is 53.8 Å². The van der Waals surface area contributed by atoms with Crippen molar-refractivity contribution in [3.8, 4) is 0 Å². The molecular weight excluding hydrogens is 236 g/mol. The maximum atomic E-state index is 5.85. The minimum atomic E-state index is 0.494. The SMILES string of the molecule is C=C(C)CN(CC)Cc1cc(CNC(C)C)c(C)o1. The highest BCUT2D eigenvalue weighted by molar-refractivity contribution is 5.20. The van der Waals surface area contributed by atoms with Crippen molar-refractivity contribution >= 4 is 0 Å². The molecule has 1 rings (SSSR count). The number of furan rings is 1. The Morgan fingerprint density at radius 2 is 2.16 bits per heavy atom. The molecule has 1 aromatic rings. The second kappa shape index (κ2) is 7.51. The molecule has 0 radical (unpaired) electrons. The summed E-state index contributed by atoms with van der Waals surface area (Å²) in [5.74, 6) is 2.07. The highest BCUT2D eigenvalue weighted by Crippen LogP contribution is 2.17. The molecule has 1 N–H and O–H groups in total. The Labute approximate surface area is 117 Å². The number of nitrogens with zero attached hydrogens (tertiary/aromatic N) is 1. The van der Waals surface area contributed by atoms with Crippen LogP contribution < -0.4 is 5.32 Å². The van der Waals surface area contributed by atoms with Crippen molar-refractivity contribution in [2.24, 2.45) is 0 Å². The lowest BCUT2D eigenvalue weighted by molar-refractivity contribution is 0.274. The summed E-state index contributed by atoms with van der Waals surface area (Å²) in [5, 5.41) is 3.43. The van der Waals surface area contributed by atoms with Crippen LogP contribution in [0.1, 0.15) is 44.8 Å². The number of aryl methyl sites for hydroxylation is 1. The van der Waals surface area contributed by atoms with Crippen LogP contribution in [-0.4, -0.2) is 24.0 Å². The lowest BCUT2D eigenvalue weighted by Gasteiger charge is -2.18. The van der Waals surface area contributed by atoms with Gasteiger partial charge in [-0.1, -0.05) is 32.9 Å². The molecule has 0 fully saturated rings. The molecule has 0 spiro atoms. The van der Waals surface area contributed by atoms with Crippen molar-refractivity contribution in [2.75, 3.05) is 13.1 Å². The highest BCUT2D eigenvalue weighted by Gasteiger charge is 2.11. The first-order valence-electron chi connectivity index (χ1n) is 7.10. The van der Waals surface area contributed by atoms with Gasteiger partial charge in [-0.3, -0.25) is 4.90 Å². The van der Waals surface area contributed by atoms with Gasteiger partial charge in [0.1, 0.15) is 11.5 Å². The fraction of sp³-hybridized carbons (Fsp3) is 0.625. The summed E-state index contributed by atoms with van der Waals surface area (Å²) >= 11 is 0. The molecule has 0 saturated heterocycles. The average Bonchev–Trinajstić information content (AvgIpc) is 2.65. The highest BCUT2D eigenvalue weighted by atomic mass is 16.3. The molecule has 0 aromatic carbocycles. The first-order chi connectivity index (χ1) is 8.92. The van der Waals surface area contributed by atoms with Gasteiger partial charge in [0.2, 0.25) is 0 Å². The quantitative estimate of drug-likeness (QED) is 0.729. The van der Waals surface area contributed by atoms with Gasteiger partial charge in [0.25, 0.3) is 0 Å². The molecule has 0 unspecified atom stereocenters. The first-order valence-corrected chi connectivity index (χ1v) is 7.10. The van der Waals surface area contributed by atoms with Gasteiger partial charge in [0, 0.05) is 24.7 Å². The predicted molar refractivity (Wildman–Crippen MR) is 81.2 cm³/mol. The Bertz CT molecular complexity index is 407. The van der Waals surface area contributed by atoms with Crippen LogP contribution in [0.15, 0.2) is 22.6 Å². The van der Waals surface area contributed by atoms with Crippen LogP contribution in [-0.2, 0) is 13.1 Å². The number of rotatable bonds is 8. The third kappa shape index (κ3) is 5.62. The van der Waals surface area contributed by atoms with Crippen LogP contribution in [0.4, 0.5) is 0 Å². The van der Waals surface area contributed by atoms with Crippen molar-refractivity contribution in [3.05, 3.63) is 35.3 Å². The van der Waals surface area contributed by atoms with Crippen LogP contribution in [0.5, 0.6) is 0 Å². The van der Waals surface area contributed by atoms with E-state index >= 15 is 0 Å². The average molecular weight is 264 g/mol. The summed E-state index contributed by atoms with van der Waals surface area (Å²) in [4.78, 5) is 2.33. The zero-order valence-corrected chi connectivity index (χ0v) is 13.0. The standard InChI is InChI=1S/C16H28N2O/c1-7-18(10-12(2)3)11-16-8-15(14(6)19-16)9-17-13(4)5/h8,13,17H,2,7,9-11H2,1,3-6H3. The van der Waals surface area contributed by atoms with E-state index in [9.17, 15) is 0 Å². The summed E-state index contributed by atoms with van der Waals surface area (Å²) in [5.41, 5.74) is 2.45. The lowest BCUT2D eigenvalue weighted by atomic mass is 10.2. The van der Waals surface area contributed by atoms with Crippen LogP contribution in [0.2, 0.25) is 0 Å². The Hall–Kier alpha value is -1.06. The van der Waals surface area contributed by atoms with E-state index in [0.717, 1.165) is 37.7 Å². The van der Waals surface area contributed by atoms with E-state index in [4.69, 9.17) is 4.42 Å². The third-order valence-electron chi connectivity index (χ3n) is 3.09. The van der Waals surface area contributed by atoms with Crippen molar-refractivity contribution in [1.82, 2.24) is 10.2 Å². The van der Waals surface area contributed by atoms with Crippen LogP contribution >= 0.6 is 0 Å². The van der Waals surface area contributed by atoms with Gasteiger partial charge in [0.15, 0.2) is 0 Å². The molecule has 0 aliphatic carbocycles. The molecule has 19 heavy (non-hydrogen) atoms. The van der Waals surface area contributed by atoms with E-state index < -0.39 is 0 Å².